The summed E-state index contributed by atoms with van der Waals surface area (Å²) in [5, 5.41) is 0. The van der Waals surface area contributed by atoms with Crippen LogP contribution in [0, 0.1) is 5.41 Å². The van der Waals surface area contributed by atoms with Gasteiger partial charge in [0.1, 0.15) is 5.69 Å². The molecule has 2 fully saturated rings. The van der Waals surface area contributed by atoms with Crippen molar-refractivity contribution in [2.24, 2.45) is 12.5 Å². The molecule has 0 radical (unpaired) electrons. The summed E-state index contributed by atoms with van der Waals surface area (Å²) in [5.74, 6) is -0.217. The van der Waals surface area contributed by atoms with Gasteiger partial charge in [0, 0.05) is 19.1 Å². The van der Waals surface area contributed by atoms with Gasteiger partial charge in [-0.15, -0.1) is 0 Å². The molecule has 0 saturated carbocycles. The molecule has 142 valence electrons. The van der Waals surface area contributed by atoms with Gasteiger partial charge in [0.2, 0.25) is 0 Å². The van der Waals surface area contributed by atoms with Gasteiger partial charge in [-0.1, -0.05) is 30.3 Å². The van der Waals surface area contributed by atoms with E-state index >= 15 is 0 Å². The summed E-state index contributed by atoms with van der Waals surface area (Å²) < 4.78 is 7.24. The molecule has 0 unspecified atom stereocenters. The van der Waals surface area contributed by atoms with Gasteiger partial charge in [0.25, 0.3) is 5.91 Å². The third-order valence-corrected chi connectivity index (χ3v) is 6.05. The van der Waals surface area contributed by atoms with E-state index in [9.17, 15) is 9.59 Å². The van der Waals surface area contributed by atoms with Crippen LogP contribution in [0.25, 0.3) is 0 Å². The third kappa shape index (κ3) is 2.83. The van der Waals surface area contributed by atoms with E-state index in [1.54, 1.807) is 17.1 Å². The normalized spacial score (nSPS) is 26.4. The van der Waals surface area contributed by atoms with E-state index in [1.165, 1.54) is 0 Å². The van der Waals surface area contributed by atoms with Crippen LogP contribution >= 0.6 is 0 Å². The number of esters is 1. The fourth-order valence-electron chi connectivity index (χ4n) is 4.90. The van der Waals surface area contributed by atoms with Gasteiger partial charge in [-0.3, -0.25) is 9.59 Å². The molecule has 0 spiro atoms. The Morgan fingerprint density at radius 1 is 1.26 bits per heavy atom. The number of hydrogen-bond donors (Lipinski definition) is 0. The highest BCUT2D eigenvalue weighted by atomic mass is 16.5. The van der Waals surface area contributed by atoms with Crippen LogP contribution in [-0.4, -0.2) is 45.0 Å². The molecule has 1 amide bonds. The Morgan fingerprint density at radius 2 is 2.04 bits per heavy atom. The summed E-state index contributed by atoms with van der Waals surface area (Å²) in [5.41, 5.74) is 0.992. The lowest BCUT2D eigenvalue weighted by atomic mass is 9.70. The van der Waals surface area contributed by atoms with Gasteiger partial charge in [-0.2, -0.15) is 0 Å². The van der Waals surface area contributed by atoms with Crippen LogP contribution in [-0.2, 0) is 23.0 Å². The number of imidazole rings is 1. The van der Waals surface area contributed by atoms with Crippen LogP contribution in [0.15, 0.2) is 42.9 Å². The molecule has 6 nitrogen and oxygen atoms in total. The molecule has 27 heavy (non-hydrogen) atoms. The largest absolute Gasteiger partial charge is 0.465 e. The number of rotatable bonds is 5. The van der Waals surface area contributed by atoms with Crippen molar-refractivity contribution < 1.29 is 14.3 Å². The van der Waals surface area contributed by atoms with Crippen molar-refractivity contribution in [1.29, 1.82) is 0 Å². The maximum Gasteiger partial charge on any atom is 0.314 e. The van der Waals surface area contributed by atoms with Crippen molar-refractivity contribution in [3.05, 3.63) is 54.1 Å². The number of fused-ring (bicyclic) bond motifs is 2. The maximum atomic E-state index is 13.2. The summed E-state index contributed by atoms with van der Waals surface area (Å²) >= 11 is 0. The van der Waals surface area contributed by atoms with E-state index < -0.39 is 5.41 Å². The van der Waals surface area contributed by atoms with Gasteiger partial charge < -0.3 is 14.2 Å². The molecule has 0 N–H and O–H groups in total. The Labute approximate surface area is 159 Å². The first-order valence-corrected chi connectivity index (χ1v) is 9.57. The third-order valence-electron chi connectivity index (χ3n) is 6.05. The number of amides is 1. The smallest absolute Gasteiger partial charge is 0.314 e. The topological polar surface area (TPSA) is 64.4 Å². The first-order chi connectivity index (χ1) is 13.1. The van der Waals surface area contributed by atoms with E-state index in [0.717, 1.165) is 18.4 Å². The van der Waals surface area contributed by atoms with Crippen molar-refractivity contribution in [3.8, 4) is 0 Å². The van der Waals surface area contributed by atoms with Crippen molar-refractivity contribution in [2.45, 2.75) is 44.7 Å². The molecule has 3 heterocycles. The molecule has 3 atom stereocenters. The molecule has 1 aromatic heterocycles. The molecule has 2 saturated heterocycles. The average molecular weight is 367 g/mol. The zero-order valence-corrected chi connectivity index (χ0v) is 15.8. The van der Waals surface area contributed by atoms with Crippen LogP contribution < -0.4 is 0 Å². The van der Waals surface area contributed by atoms with Crippen molar-refractivity contribution in [2.75, 3.05) is 6.61 Å². The minimum Gasteiger partial charge on any atom is -0.465 e. The predicted octanol–water partition coefficient (Wildman–Crippen LogP) is 2.59. The Morgan fingerprint density at radius 3 is 2.70 bits per heavy atom. The number of benzene rings is 1. The number of ether oxygens (including phenoxy) is 1. The van der Waals surface area contributed by atoms with Crippen molar-refractivity contribution >= 4 is 11.9 Å². The lowest BCUT2D eigenvalue weighted by Gasteiger charge is -2.35. The van der Waals surface area contributed by atoms with Gasteiger partial charge in [-0.05, 0) is 38.2 Å². The Kier molecular flexibility index (Phi) is 4.50. The van der Waals surface area contributed by atoms with E-state index in [1.807, 2.05) is 49.2 Å². The predicted molar refractivity (Wildman–Crippen MR) is 100 cm³/mol. The SMILES string of the molecule is CCOC(=O)[C@@]1(Cc2ccccc2)C[C@H]2CC[C@@H]1N2C(=O)c1cncn1C. The average Bonchev–Trinajstić information content (AvgIpc) is 3.35. The molecule has 2 aliphatic heterocycles. The summed E-state index contributed by atoms with van der Waals surface area (Å²) in [7, 11) is 1.82. The highest BCUT2D eigenvalue weighted by Crippen LogP contribution is 2.52. The second-order valence-corrected chi connectivity index (χ2v) is 7.59. The Balaban J connectivity index is 1.70. The van der Waals surface area contributed by atoms with Gasteiger partial charge in [0.05, 0.1) is 24.5 Å². The minimum absolute atomic E-state index is 0.0401. The molecule has 6 heteroatoms. The summed E-state index contributed by atoms with van der Waals surface area (Å²) in [4.78, 5) is 32.3. The number of carbonyl (C=O) groups excluding carboxylic acids is 2. The van der Waals surface area contributed by atoms with Crippen LogP contribution in [0.5, 0.6) is 0 Å². The number of aromatic nitrogens is 2. The molecular weight excluding hydrogens is 342 g/mol. The Hall–Kier alpha value is -2.63. The minimum atomic E-state index is -0.672. The first-order valence-electron chi connectivity index (χ1n) is 9.57. The number of nitrogens with zero attached hydrogens (tertiary/aromatic N) is 3. The van der Waals surface area contributed by atoms with Gasteiger partial charge >= 0.3 is 5.97 Å². The van der Waals surface area contributed by atoms with Crippen LogP contribution in [0.4, 0.5) is 0 Å². The second kappa shape index (κ2) is 6.83. The van der Waals surface area contributed by atoms with E-state index in [4.69, 9.17) is 4.74 Å². The summed E-state index contributed by atoms with van der Waals surface area (Å²) in [6, 6.07) is 9.97. The van der Waals surface area contributed by atoms with E-state index in [2.05, 4.69) is 4.98 Å². The fourth-order valence-corrected chi connectivity index (χ4v) is 4.90. The summed E-state index contributed by atoms with van der Waals surface area (Å²) in [6.07, 6.45) is 6.26. The quantitative estimate of drug-likeness (QED) is 0.762. The summed E-state index contributed by atoms with van der Waals surface area (Å²) in [6.45, 7) is 2.18. The maximum absolute atomic E-state index is 13.2. The first kappa shape index (κ1) is 17.8. The molecule has 0 aliphatic carbocycles. The standard InChI is InChI=1S/C21H25N3O3/c1-3-27-20(26)21(11-15-7-5-4-6-8-15)12-16-9-10-18(21)24(16)19(25)17-13-22-14-23(17)2/h4-8,13-14,16,18H,3,9-12H2,1-2H3/t16-,18+,21+/m1/s1. The molecule has 4 rings (SSSR count). The van der Waals surface area contributed by atoms with Gasteiger partial charge in [0.15, 0.2) is 0 Å². The van der Waals surface area contributed by atoms with Crippen LogP contribution in [0.3, 0.4) is 0 Å². The zero-order chi connectivity index (χ0) is 19.0. The lowest BCUT2D eigenvalue weighted by Crippen LogP contribution is -2.47. The molecule has 1 aromatic carbocycles. The molecule has 2 bridgehead atoms. The van der Waals surface area contributed by atoms with Crippen molar-refractivity contribution in [1.82, 2.24) is 14.5 Å². The van der Waals surface area contributed by atoms with Crippen LogP contribution in [0.2, 0.25) is 0 Å². The Bertz CT molecular complexity index is 847. The highest BCUT2D eigenvalue weighted by Gasteiger charge is 2.62. The molecular formula is C21H25N3O3. The molecule has 2 aliphatic rings. The number of hydrogen-bond acceptors (Lipinski definition) is 4. The van der Waals surface area contributed by atoms with Crippen molar-refractivity contribution in [3.63, 3.8) is 0 Å². The monoisotopic (exact) mass is 367 g/mol. The zero-order valence-electron chi connectivity index (χ0n) is 15.8. The number of aryl methyl sites for hydroxylation is 1. The number of carbonyl (C=O) groups is 2. The lowest BCUT2D eigenvalue weighted by molar-refractivity contribution is -0.157. The van der Waals surface area contributed by atoms with E-state index in [0.29, 0.717) is 25.1 Å². The second-order valence-electron chi connectivity index (χ2n) is 7.59. The molecule has 2 aromatic rings. The van der Waals surface area contributed by atoms with E-state index in [-0.39, 0.29) is 24.0 Å². The van der Waals surface area contributed by atoms with Gasteiger partial charge in [-0.25, -0.2) is 4.98 Å². The highest BCUT2D eigenvalue weighted by molar-refractivity contribution is 5.94. The van der Waals surface area contributed by atoms with Crippen LogP contribution in [0.1, 0.15) is 42.2 Å². The fraction of sp³-hybridized carbons (Fsp3) is 0.476.